The third kappa shape index (κ3) is 4.86. The Hall–Kier alpha value is -2.80. The van der Waals surface area contributed by atoms with Crippen LogP contribution in [0.1, 0.15) is 27.3 Å². The molecule has 2 aromatic rings. The molecular formula is C15H13ClN2O5. The molecule has 0 aliphatic carbocycles. The SMILES string of the molecule is O=C(O)CCNC(=O)c1ccc(NC(=O)c2ccc(Cl)o2)cc1. The molecule has 2 rings (SSSR count). The van der Waals surface area contributed by atoms with Gasteiger partial charge in [-0.3, -0.25) is 14.4 Å². The first-order valence-corrected chi connectivity index (χ1v) is 7.00. The fourth-order valence-electron chi connectivity index (χ4n) is 1.72. The summed E-state index contributed by atoms with van der Waals surface area (Å²) in [5.74, 6) is -1.76. The number of carboxylic acids is 1. The number of furan rings is 1. The number of carboxylic acid groups (broad SMARTS) is 1. The van der Waals surface area contributed by atoms with Crippen LogP contribution in [0.4, 0.5) is 5.69 Å². The summed E-state index contributed by atoms with van der Waals surface area (Å²) in [6, 6.07) is 9.04. The first-order valence-electron chi connectivity index (χ1n) is 6.62. The van der Waals surface area contributed by atoms with Gasteiger partial charge in [0.25, 0.3) is 11.8 Å². The zero-order valence-electron chi connectivity index (χ0n) is 11.8. The second kappa shape index (κ2) is 7.46. The van der Waals surface area contributed by atoms with E-state index in [9.17, 15) is 14.4 Å². The van der Waals surface area contributed by atoms with Crippen molar-refractivity contribution in [2.45, 2.75) is 6.42 Å². The number of hydrogen-bond acceptors (Lipinski definition) is 4. The van der Waals surface area contributed by atoms with Crippen molar-refractivity contribution in [1.82, 2.24) is 5.32 Å². The van der Waals surface area contributed by atoms with Gasteiger partial charge in [0, 0.05) is 17.8 Å². The van der Waals surface area contributed by atoms with Gasteiger partial charge in [-0.1, -0.05) is 0 Å². The monoisotopic (exact) mass is 336 g/mol. The summed E-state index contributed by atoms with van der Waals surface area (Å²) in [6.07, 6.45) is -0.147. The topological polar surface area (TPSA) is 109 Å². The molecule has 23 heavy (non-hydrogen) atoms. The average Bonchev–Trinajstić information content (AvgIpc) is 2.94. The van der Waals surface area contributed by atoms with E-state index in [0.29, 0.717) is 11.3 Å². The lowest BCUT2D eigenvalue weighted by Crippen LogP contribution is -2.25. The van der Waals surface area contributed by atoms with Crippen molar-refractivity contribution in [3.63, 3.8) is 0 Å². The molecule has 7 nitrogen and oxygen atoms in total. The number of carbonyl (C=O) groups excluding carboxylic acids is 2. The van der Waals surface area contributed by atoms with Crippen LogP contribution in [-0.2, 0) is 4.79 Å². The lowest BCUT2D eigenvalue weighted by molar-refractivity contribution is -0.136. The third-order valence-corrected chi connectivity index (χ3v) is 3.03. The molecule has 0 unspecified atom stereocenters. The Morgan fingerprint density at radius 1 is 1.04 bits per heavy atom. The molecule has 2 amide bonds. The van der Waals surface area contributed by atoms with Crippen molar-refractivity contribution < 1.29 is 23.9 Å². The number of carbonyl (C=O) groups is 3. The van der Waals surface area contributed by atoms with Crippen molar-refractivity contribution in [1.29, 1.82) is 0 Å². The Labute approximate surface area is 136 Å². The molecule has 1 aromatic heterocycles. The minimum atomic E-state index is -0.985. The van der Waals surface area contributed by atoms with Crippen molar-refractivity contribution in [3.05, 3.63) is 52.9 Å². The van der Waals surface area contributed by atoms with Gasteiger partial charge in [0.05, 0.1) is 6.42 Å². The van der Waals surface area contributed by atoms with E-state index in [1.54, 1.807) is 12.1 Å². The highest BCUT2D eigenvalue weighted by molar-refractivity contribution is 6.29. The molecule has 0 spiro atoms. The van der Waals surface area contributed by atoms with Crippen LogP contribution >= 0.6 is 11.6 Å². The molecule has 0 saturated carbocycles. The van der Waals surface area contributed by atoms with Crippen LogP contribution in [0.5, 0.6) is 0 Å². The van der Waals surface area contributed by atoms with Crippen molar-refractivity contribution in [2.75, 3.05) is 11.9 Å². The fraction of sp³-hybridized carbons (Fsp3) is 0.133. The van der Waals surface area contributed by atoms with E-state index in [-0.39, 0.29) is 29.9 Å². The Morgan fingerprint density at radius 3 is 2.30 bits per heavy atom. The van der Waals surface area contributed by atoms with Gasteiger partial charge in [-0.2, -0.15) is 0 Å². The molecule has 0 fully saturated rings. The smallest absolute Gasteiger partial charge is 0.305 e. The Morgan fingerprint density at radius 2 is 1.74 bits per heavy atom. The van der Waals surface area contributed by atoms with Crippen LogP contribution in [0, 0.1) is 0 Å². The number of nitrogens with one attached hydrogen (secondary N) is 2. The quantitative estimate of drug-likeness (QED) is 0.750. The molecule has 1 heterocycles. The van der Waals surface area contributed by atoms with Crippen molar-refractivity contribution >= 4 is 35.1 Å². The van der Waals surface area contributed by atoms with E-state index in [1.165, 1.54) is 24.3 Å². The van der Waals surface area contributed by atoms with E-state index in [4.69, 9.17) is 21.1 Å². The number of benzene rings is 1. The first kappa shape index (κ1) is 16.6. The largest absolute Gasteiger partial charge is 0.481 e. The summed E-state index contributed by atoms with van der Waals surface area (Å²) in [4.78, 5) is 34.0. The van der Waals surface area contributed by atoms with Gasteiger partial charge in [-0.15, -0.1) is 0 Å². The van der Waals surface area contributed by atoms with Crippen molar-refractivity contribution in [2.24, 2.45) is 0 Å². The summed E-state index contributed by atoms with van der Waals surface area (Å²) in [5.41, 5.74) is 0.832. The molecule has 0 bridgehead atoms. The van der Waals surface area contributed by atoms with Gasteiger partial charge in [-0.05, 0) is 48.0 Å². The van der Waals surface area contributed by atoms with Crippen molar-refractivity contribution in [3.8, 4) is 0 Å². The fourth-order valence-corrected chi connectivity index (χ4v) is 1.87. The molecule has 0 saturated heterocycles. The lowest BCUT2D eigenvalue weighted by atomic mass is 10.2. The molecule has 1 aromatic carbocycles. The summed E-state index contributed by atoms with van der Waals surface area (Å²) in [5, 5.41) is 13.7. The highest BCUT2D eigenvalue weighted by Gasteiger charge is 2.11. The Balaban J connectivity index is 1.92. The van der Waals surface area contributed by atoms with Gasteiger partial charge in [-0.25, -0.2) is 0 Å². The second-order valence-electron chi connectivity index (χ2n) is 4.53. The highest BCUT2D eigenvalue weighted by Crippen LogP contribution is 2.16. The van der Waals surface area contributed by atoms with E-state index in [1.807, 2.05) is 0 Å². The minimum absolute atomic E-state index is 0.0475. The maximum Gasteiger partial charge on any atom is 0.305 e. The highest BCUT2D eigenvalue weighted by atomic mass is 35.5. The average molecular weight is 337 g/mol. The lowest BCUT2D eigenvalue weighted by Gasteiger charge is -2.06. The van der Waals surface area contributed by atoms with Gasteiger partial charge >= 0.3 is 5.97 Å². The van der Waals surface area contributed by atoms with Crippen LogP contribution in [0.25, 0.3) is 0 Å². The van der Waals surface area contributed by atoms with Crippen LogP contribution in [0.15, 0.2) is 40.8 Å². The van der Waals surface area contributed by atoms with Gasteiger partial charge in [0.1, 0.15) is 0 Å². The summed E-state index contributed by atoms with van der Waals surface area (Å²) >= 11 is 5.60. The molecule has 0 radical (unpaired) electrons. The first-order chi connectivity index (χ1) is 11.0. The number of rotatable bonds is 6. The summed E-state index contributed by atoms with van der Waals surface area (Å²) in [6.45, 7) is 0.0475. The number of hydrogen-bond donors (Lipinski definition) is 3. The van der Waals surface area contributed by atoms with E-state index in [2.05, 4.69) is 10.6 Å². The minimum Gasteiger partial charge on any atom is -0.481 e. The molecule has 120 valence electrons. The Bertz CT molecular complexity index is 724. The number of anilines is 1. The molecule has 0 aliphatic heterocycles. The predicted molar refractivity (Wildman–Crippen MR) is 82.7 cm³/mol. The summed E-state index contributed by atoms with van der Waals surface area (Å²) in [7, 11) is 0. The number of amides is 2. The zero-order chi connectivity index (χ0) is 16.8. The van der Waals surface area contributed by atoms with Gasteiger partial charge in [0.15, 0.2) is 11.0 Å². The summed E-state index contributed by atoms with van der Waals surface area (Å²) < 4.78 is 4.98. The Kier molecular flexibility index (Phi) is 5.37. The van der Waals surface area contributed by atoms with E-state index < -0.39 is 11.9 Å². The molecule has 0 atom stereocenters. The normalized spacial score (nSPS) is 10.1. The molecular weight excluding hydrogens is 324 g/mol. The van der Waals surface area contributed by atoms with Crippen LogP contribution in [0.3, 0.4) is 0 Å². The predicted octanol–water partition coefficient (Wildman–Crippen LogP) is 2.39. The standard InChI is InChI=1S/C15H13ClN2O5/c16-12-6-5-11(23-12)15(22)18-10-3-1-9(2-4-10)14(21)17-8-7-13(19)20/h1-6H,7-8H2,(H,17,21)(H,18,22)(H,19,20). The number of aliphatic carboxylic acids is 1. The zero-order valence-corrected chi connectivity index (χ0v) is 12.6. The van der Waals surface area contributed by atoms with Gasteiger partial charge in [0.2, 0.25) is 0 Å². The number of halogens is 1. The molecule has 3 N–H and O–H groups in total. The maximum atomic E-state index is 11.9. The second-order valence-corrected chi connectivity index (χ2v) is 4.91. The van der Waals surface area contributed by atoms with Crippen LogP contribution in [0.2, 0.25) is 5.22 Å². The van der Waals surface area contributed by atoms with Crippen LogP contribution in [-0.4, -0.2) is 29.4 Å². The van der Waals surface area contributed by atoms with Crippen LogP contribution < -0.4 is 10.6 Å². The third-order valence-electron chi connectivity index (χ3n) is 2.83. The van der Waals surface area contributed by atoms with Gasteiger partial charge < -0.3 is 20.2 Å². The maximum absolute atomic E-state index is 11.9. The molecule has 8 heteroatoms. The molecule has 0 aliphatic rings. The van der Waals surface area contributed by atoms with E-state index >= 15 is 0 Å². The van der Waals surface area contributed by atoms with E-state index in [0.717, 1.165) is 0 Å².